The van der Waals surface area contributed by atoms with Crippen LogP contribution in [0.5, 0.6) is 0 Å². The molecule has 0 atom stereocenters. The van der Waals surface area contributed by atoms with Gasteiger partial charge in [0, 0.05) is 12.8 Å². The summed E-state index contributed by atoms with van der Waals surface area (Å²) in [5.41, 5.74) is 0. The molecule has 0 N–H and O–H groups in total. The molecule has 1 rings (SSSR count). The fourth-order valence-electron chi connectivity index (χ4n) is 1.18. The summed E-state index contributed by atoms with van der Waals surface area (Å²) < 4.78 is 0. The maximum Gasteiger partial charge on any atom is 0.132 e. The van der Waals surface area contributed by atoms with Gasteiger partial charge in [-0.15, -0.1) is 0 Å². The first-order valence-corrected chi connectivity index (χ1v) is 4.34. The molecular weight excluding hydrogens is 124 g/mol. The third kappa shape index (κ3) is 3.00. The van der Waals surface area contributed by atoms with Crippen LogP contribution in [0, 0.1) is 5.92 Å². The van der Waals surface area contributed by atoms with Crippen LogP contribution in [0.15, 0.2) is 0 Å². The Morgan fingerprint density at radius 2 is 2.10 bits per heavy atom. The van der Waals surface area contributed by atoms with E-state index in [1.807, 2.05) is 0 Å². The molecule has 0 aromatic heterocycles. The molecule has 0 bridgehead atoms. The molecule has 1 fully saturated rings. The van der Waals surface area contributed by atoms with Gasteiger partial charge in [0.25, 0.3) is 0 Å². The molecule has 0 saturated heterocycles. The number of hydrogen-bond donors (Lipinski definition) is 0. The average Bonchev–Trinajstić information content (AvgIpc) is 2.67. The number of hydrogen-bond acceptors (Lipinski definition) is 1. The predicted molar refractivity (Wildman–Crippen MR) is 41.9 cm³/mol. The second-order valence-electron chi connectivity index (χ2n) is 3.27. The van der Waals surface area contributed by atoms with E-state index in [2.05, 4.69) is 6.92 Å². The van der Waals surface area contributed by atoms with Crippen molar-refractivity contribution in [2.75, 3.05) is 0 Å². The molecule has 0 aromatic carbocycles. The number of Topliss-reactive ketones (excluding diaryl/α,β-unsaturated/α-hetero) is 1. The SMILES string of the molecule is CCCC(=O)CCC1CC1. The molecular formula is C9H16O. The van der Waals surface area contributed by atoms with Crippen molar-refractivity contribution in [2.24, 2.45) is 5.92 Å². The number of carbonyl (C=O) groups is 1. The zero-order chi connectivity index (χ0) is 7.40. The van der Waals surface area contributed by atoms with Gasteiger partial charge in [-0.2, -0.15) is 0 Å². The first kappa shape index (κ1) is 7.77. The molecule has 58 valence electrons. The molecule has 1 aliphatic rings. The van der Waals surface area contributed by atoms with Crippen molar-refractivity contribution in [2.45, 2.75) is 45.4 Å². The van der Waals surface area contributed by atoms with E-state index in [0.717, 1.165) is 25.2 Å². The monoisotopic (exact) mass is 140 g/mol. The minimum atomic E-state index is 0.467. The zero-order valence-corrected chi connectivity index (χ0v) is 6.73. The van der Waals surface area contributed by atoms with Crippen LogP contribution < -0.4 is 0 Å². The lowest BCUT2D eigenvalue weighted by molar-refractivity contribution is -0.119. The summed E-state index contributed by atoms with van der Waals surface area (Å²) in [5, 5.41) is 0. The van der Waals surface area contributed by atoms with E-state index in [-0.39, 0.29) is 0 Å². The normalized spacial score (nSPS) is 17.3. The first-order valence-electron chi connectivity index (χ1n) is 4.34. The van der Waals surface area contributed by atoms with Crippen LogP contribution >= 0.6 is 0 Å². The van der Waals surface area contributed by atoms with E-state index in [1.54, 1.807) is 0 Å². The second-order valence-corrected chi connectivity index (χ2v) is 3.27. The highest BCUT2D eigenvalue weighted by Gasteiger charge is 2.21. The van der Waals surface area contributed by atoms with Gasteiger partial charge in [-0.1, -0.05) is 19.8 Å². The third-order valence-electron chi connectivity index (χ3n) is 2.06. The Morgan fingerprint density at radius 3 is 2.60 bits per heavy atom. The van der Waals surface area contributed by atoms with Crippen LogP contribution in [-0.4, -0.2) is 5.78 Å². The van der Waals surface area contributed by atoms with Crippen molar-refractivity contribution < 1.29 is 4.79 Å². The van der Waals surface area contributed by atoms with Gasteiger partial charge in [0.05, 0.1) is 0 Å². The van der Waals surface area contributed by atoms with Crippen LogP contribution in [-0.2, 0) is 4.79 Å². The van der Waals surface area contributed by atoms with Gasteiger partial charge in [-0.3, -0.25) is 4.79 Å². The molecule has 0 aromatic rings. The Bertz CT molecular complexity index is 114. The summed E-state index contributed by atoms with van der Waals surface area (Å²) in [6.07, 6.45) is 6.58. The van der Waals surface area contributed by atoms with E-state index in [0.29, 0.717) is 5.78 Å². The van der Waals surface area contributed by atoms with Gasteiger partial charge in [0.2, 0.25) is 0 Å². The quantitative estimate of drug-likeness (QED) is 0.573. The Labute approximate surface area is 62.8 Å². The highest BCUT2D eigenvalue weighted by atomic mass is 16.1. The molecule has 0 unspecified atom stereocenters. The van der Waals surface area contributed by atoms with E-state index >= 15 is 0 Å². The zero-order valence-electron chi connectivity index (χ0n) is 6.73. The van der Waals surface area contributed by atoms with Crippen LogP contribution in [0.4, 0.5) is 0 Å². The van der Waals surface area contributed by atoms with Gasteiger partial charge in [0.1, 0.15) is 5.78 Å². The Hall–Kier alpha value is -0.330. The average molecular weight is 140 g/mol. The van der Waals surface area contributed by atoms with Gasteiger partial charge in [-0.25, -0.2) is 0 Å². The Kier molecular flexibility index (Phi) is 2.91. The Balaban J connectivity index is 1.94. The van der Waals surface area contributed by atoms with Crippen molar-refractivity contribution in [3.63, 3.8) is 0 Å². The number of rotatable bonds is 5. The minimum absolute atomic E-state index is 0.467. The summed E-state index contributed by atoms with van der Waals surface area (Å²) in [7, 11) is 0. The molecule has 1 saturated carbocycles. The largest absolute Gasteiger partial charge is 0.300 e. The fraction of sp³-hybridized carbons (Fsp3) is 0.889. The van der Waals surface area contributed by atoms with Crippen LogP contribution in [0.25, 0.3) is 0 Å². The lowest BCUT2D eigenvalue weighted by Crippen LogP contribution is -1.96. The highest BCUT2D eigenvalue weighted by Crippen LogP contribution is 2.33. The molecule has 0 heterocycles. The molecule has 0 aliphatic heterocycles. The summed E-state index contributed by atoms with van der Waals surface area (Å²) in [6.45, 7) is 2.06. The van der Waals surface area contributed by atoms with E-state index in [9.17, 15) is 4.79 Å². The van der Waals surface area contributed by atoms with Gasteiger partial charge in [0.15, 0.2) is 0 Å². The van der Waals surface area contributed by atoms with Crippen molar-refractivity contribution in [1.29, 1.82) is 0 Å². The van der Waals surface area contributed by atoms with Crippen LogP contribution in [0.1, 0.15) is 45.4 Å². The van der Waals surface area contributed by atoms with Crippen molar-refractivity contribution in [3.8, 4) is 0 Å². The van der Waals surface area contributed by atoms with Crippen LogP contribution in [0.3, 0.4) is 0 Å². The molecule has 0 spiro atoms. The molecule has 1 nitrogen and oxygen atoms in total. The smallest absolute Gasteiger partial charge is 0.132 e. The van der Waals surface area contributed by atoms with E-state index in [4.69, 9.17) is 0 Å². The topological polar surface area (TPSA) is 17.1 Å². The van der Waals surface area contributed by atoms with Crippen molar-refractivity contribution >= 4 is 5.78 Å². The molecule has 0 radical (unpaired) electrons. The van der Waals surface area contributed by atoms with Crippen molar-refractivity contribution in [1.82, 2.24) is 0 Å². The highest BCUT2D eigenvalue weighted by molar-refractivity contribution is 5.78. The maximum absolute atomic E-state index is 11.0. The van der Waals surface area contributed by atoms with E-state index in [1.165, 1.54) is 19.3 Å². The van der Waals surface area contributed by atoms with E-state index < -0.39 is 0 Å². The molecule has 10 heavy (non-hydrogen) atoms. The van der Waals surface area contributed by atoms with Crippen LogP contribution in [0.2, 0.25) is 0 Å². The lowest BCUT2D eigenvalue weighted by atomic mass is 10.1. The number of carbonyl (C=O) groups excluding carboxylic acids is 1. The minimum Gasteiger partial charge on any atom is -0.300 e. The molecule has 0 amide bonds. The summed E-state index contributed by atoms with van der Waals surface area (Å²) in [5.74, 6) is 1.38. The van der Waals surface area contributed by atoms with Crippen molar-refractivity contribution in [3.05, 3.63) is 0 Å². The fourth-order valence-corrected chi connectivity index (χ4v) is 1.18. The summed E-state index contributed by atoms with van der Waals surface area (Å²) >= 11 is 0. The standard InChI is InChI=1S/C9H16O/c1-2-3-9(10)7-6-8-4-5-8/h8H,2-7H2,1H3. The molecule has 1 heteroatoms. The summed E-state index contributed by atoms with van der Waals surface area (Å²) in [4.78, 5) is 11.0. The second kappa shape index (κ2) is 3.75. The third-order valence-corrected chi connectivity index (χ3v) is 2.06. The van der Waals surface area contributed by atoms with Gasteiger partial charge in [-0.05, 0) is 18.8 Å². The number of ketones is 1. The van der Waals surface area contributed by atoms with Gasteiger partial charge >= 0.3 is 0 Å². The predicted octanol–water partition coefficient (Wildman–Crippen LogP) is 2.55. The maximum atomic E-state index is 11.0. The van der Waals surface area contributed by atoms with Gasteiger partial charge < -0.3 is 0 Å². The lowest BCUT2D eigenvalue weighted by Gasteiger charge is -1.95. The Morgan fingerprint density at radius 1 is 1.40 bits per heavy atom. The molecule has 1 aliphatic carbocycles. The summed E-state index contributed by atoms with van der Waals surface area (Å²) in [6, 6.07) is 0. The first-order chi connectivity index (χ1) is 4.83.